The summed E-state index contributed by atoms with van der Waals surface area (Å²) in [5.41, 5.74) is -2.03. The third kappa shape index (κ3) is 7.60. The topological polar surface area (TPSA) is 118 Å². The molecule has 3 rings (SSSR count). The highest BCUT2D eigenvalue weighted by atomic mass is 35.5. The minimum absolute atomic E-state index is 0.0134. The number of hydrogen-bond acceptors (Lipinski definition) is 5. The molecule has 1 aromatic heterocycles. The Balaban J connectivity index is 1.92. The summed E-state index contributed by atoms with van der Waals surface area (Å²) in [5, 5.41) is 18.4. The van der Waals surface area contributed by atoms with Crippen LogP contribution in [0.25, 0.3) is 11.4 Å². The number of hydrogen-bond donors (Lipinski definition) is 3. The first-order chi connectivity index (χ1) is 18.2. The van der Waals surface area contributed by atoms with E-state index in [4.69, 9.17) is 11.6 Å². The molecule has 0 aliphatic heterocycles. The van der Waals surface area contributed by atoms with E-state index >= 15 is 0 Å². The highest BCUT2D eigenvalue weighted by molar-refractivity contribution is 6.30. The second-order valence-electron chi connectivity index (χ2n) is 8.21. The number of rotatable bonds is 10. The number of nitrogens with one attached hydrogen (secondary N) is 2. The SMILES string of the molecule is O=CNCC(NC(=O)Cn1nc(-c2ccc(Cl)cc2)n(CC(O)C(F)(F)F)c1=O)c1cccc(C(F)(F)F)c1. The fraction of sp³-hybridized carbons (Fsp3) is 0.304. The lowest BCUT2D eigenvalue weighted by Gasteiger charge is -2.20. The van der Waals surface area contributed by atoms with Crippen LogP contribution in [0.5, 0.6) is 0 Å². The van der Waals surface area contributed by atoms with Crippen molar-refractivity contribution in [3.63, 3.8) is 0 Å². The Hall–Kier alpha value is -3.85. The lowest BCUT2D eigenvalue weighted by molar-refractivity contribution is -0.207. The largest absolute Gasteiger partial charge is 0.416 e. The van der Waals surface area contributed by atoms with Crippen LogP contribution < -0.4 is 16.3 Å². The number of amides is 2. The molecule has 16 heteroatoms. The van der Waals surface area contributed by atoms with Crippen LogP contribution in [-0.2, 0) is 28.9 Å². The molecule has 0 aliphatic rings. The van der Waals surface area contributed by atoms with Crippen molar-refractivity contribution < 1.29 is 41.0 Å². The number of benzene rings is 2. The van der Waals surface area contributed by atoms with Gasteiger partial charge in [-0.2, -0.15) is 26.3 Å². The van der Waals surface area contributed by atoms with Gasteiger partial charge in [0.25, 0.3) is 0 Å². The van der Waals surface area contributed by atoms with E-state index < -0.39 is 54.7 Å². The molecule has 1 heterocycles. The number of nitrogens with zero attached hydrogens (tertiary/aromatic N) is 3. The molecule has 2 atom stereocenters. The van der Waals surface area contributed by atoms with E-state index in [9.17, 15) is 45.8 Å². The van der Waals surface area contributed by atoms with Crippen LogP contribution >= 0.6 is 11.6 Å². The molecule has 9 nitrogen and oxygen atoms in total. The molecule has 3 aromatic rings. The second kappa shape index (κ2) is 11.9. The Morgan fingerprint density at radius 1 is 1.10 bits per heavy atom. The number of aromatic nitrogens is 3. The predicted molar refractivity (Wildman–Crippen MR) is 125 cm³/mol. The van der Waals surface area contributed by atoms with Crippen LogP contribution in [0, 0.1) is 0 Å². The van der Waals surface area contributed by atoms with Crippen molar-refractivity contribution in [1.29, 1.82) is 0 Å². The van der Waals surface area contributed by atoms with Gasteiger partial charge in [0.2, 0.25) is 12.3 Å². The summed E-state index contributed by atoms with van der Waals surface area (Å²) >= 11 is 5.83. The van der Waals surface area contributed by atoms with Gasteiger partial charge in [0.1, 0.15) is 6.54 Å². The lowest BCUT2D eigenvalue weighted by atomic mass is 10.0. The number of carbonyl (C=O) groups excluding carboxylic acids is 2. The highest BCUT2D eigenvalue weighted by Crippen LogP contribution is 2.31. The van der Waals surface area contributed by atoms with E-state index in [1.54, 1.807) is 0 Å². The molecular formula is C23H20ClF6N5O4. The predicted octanol–water partition coefficient (Wildman–Crippen LogP) is 2.91. The quantitative estimate of drug-likeness (QED) is 0.252. The zero-order valence-electron chi connectivity index (χ0n) is 19.6. The molecule has 2 amide bonds. The van der Waals surface area contributed by atoms with E-state index in [1.807, 2.05) is 0 Å². The maximum atomic E-state index is 13.1. The van der Waals surface area contributed by atoms with Crippen LogP contribution in [0.2, 0.25) is 5.02 Å². The van der Waals surface area contributed by atoms with Crippen LogP contribution in [0.3, 0.4) is 0 Å². The Labute approximate surface area is 221 Å². The third-order valence-corrected chi connectivity index (χ3v) is 5.66. The maximum Gasteiger partial charge on any atom is 0.416 e. The molecule has 0 saturated heterocycles. The molecule has 0 bridgehead atoms. The van der Waals surface area contributed by atoms with Gasteiger partial charge in [0.05, 0.1) is 18.2 Å². The van der Waals surface area contributed by atoms with Gasteiger partial charge in [-0.1, -0.05) is 23.7 Å². The van der Waals surface area contributed by atoms with E-state index in [0.29, 0.717) is 9.25 Å². The summed E-state index contributed by atoms with van der Waals surface area (Å²) in [4.78, 5) is 36.4. The average Bonchev–Trinajstić information content (AvgIpc) is 3.15. The first kappa shape index (κ1) is 29.7. The molecule has 0 spiro atoms. The second-order valence-corrected chi connectivity index (χ2v) is 8.64. The fourth-order valence-electron chi connectivity index (χ4n) is 3.52. The van der Waals surface area contributed by atoms with Crippen LogP contribution in [-0.4, -0.2) is 50.6 Å². The minimum Gasteiger partial charge on any atom is -0.382 e. The van der Waals surface area contributed by atoms with E-state index in [-0.39, 0.29) is 34.9 Å². The average molecular weight is 580 g/mol. The molecule has 3 N–H and O–H groups in total. The van der Waals surface area contributed by atoms with Crippen LogP contribution in [0.1, 0.15) is 17.2 Å². The van der Waals surface area contributed by atoms with Gasteiger partial charge in [0.15, 0.2) is 11.9 Å². The molecule has 0 saturated carbocycles. The highest BCUT2D eigenvalue weighted by Gasteiger charge is 2.39. The van der Waals surface area contributed by atoms with Crippen LogP contribution in [0.4, 0.5) is 26.3 Å². The standard InChI is InChI=1S/C23H20ClF6N5O4/c24-16-6-4-13(5-7-16)20-33-35(21(39)34(20)10-18(37)23(28,29)30)11-19(38)32-17(9-31-12-36)14-2-1-3-15(8-14)22(25,26)27/h1-8,12,17-18,37H,9-11H2,(H,31,36)(H,32,38). The maximum absolute atomic E-state index is 13.1. The van der Waals surface area contributed by atoms with Crippen molar-refractivity contribution in [2.24, 2.45) is 0 Å². The summed E-state index contributed by atoms with van der Waals surface area (Å²) in [7, 11) is 0. The number of alkyl halides is 6. The summed E-state index contributed by atoms with van der Waals surface area (Å²) in [6.45, 7) is -2.38. The van der Waals surface area contributed by atoms with Crippen molar-refractivity contribution in [2.45, 2.75) is 37.6 Å². The van der Waals surface area contributed by atoms with E-state index in [2.05, 4.69) is 15.7 Å². The van der Waals surface area contributed by atoms with Gasteiger partial charge in [-0.15, -0.1) is 5.10 Å². The van der Waals surface area contributed by atoms with Crippen molar-refractivity contribution in [1.82, 2.24) is 25.0 Å². The molecule has 0 radical (unpaired) electrons. The van der Waals surface area contributed by atoms with Crippen molar-refractivity contribution in [3.8, 4) is 11.4 Å². The number of aliphatic hydroxyl groups excluding tert-OH is 1. The van der Waals surface area contributed by atoms with Crippen molar-refractivity contribution in [2.75, 3.05) is 6.54 Å². The van der Waals surface area contributed by atoms with Crippen molar-refractivity contribution in [3.05, 3.63) is 75.2 Å². The Morgan fingerprint density at radius 3 is 2.36 bits per heavy atom. The number of aliphatic hydroxyl groups is 1. The molecular weight excluding hydrogens is 560 g/mol. The molecule has 0 fully saturated rings. The summed E-state index contributed by atoms with van der Waals surface area (Å²) in [5.74, 6) is -1.25. The number of halogens is 7. The van der Waals surface area contributed by atoms with Gasteiger partial charge >= 0.3 is 18.0 Å². The Bertz CT molecular complexity index is 1370. The van der Waals surface area contributed by atoms with Crippen LogP contribution in [0.15, 0.2) is 53.3 Å². The van der Waals surface area contributed by atoms with Gasteiger partial charge < -0.3 is 15.7 Å². The van der Waals surface area contributed by atoms with E-state index in [0.717, 1.165) is 18.2 Å². The lowest BCUT2D eigenvalue weighted by Crippen LogP contribution is -2.40. The molecule has 2 aromatic carbocycles. The van der Waals surface area contributed by atoms with Gasteiger partial charge in [0, 0.05) is 17.1 Å². The van der Waals surface area contributed by atoms with Crippen molar-refractivity contribution >= 4 is 23.9 Å². The molecule has 0 aliphatic carbocycles. The normalized spacial score (nSPS) is 13.5. The number of carbonyl (C=O) groups is 2. The first-order valence-electron chi connectivity index (χ1n) is 11.0. The summed E-state index contributed by atoms with van der Waals surface area (Å²) in [6.07, 6.45) is -12.4. The molecule has 2 unspecified atom stereocenters. The third-order valence-electron chi connectivity index (χ3n) is 5.41. The first-order valence-corrected chi connectivity index (χ1v) is 11.4. The zero-order chi connectivity index (χ0) is 29.0. The summed E-state index contributed by atoms with van der Waals surface area (Å²) < 4.78 is 79.5. The van der Waals surface area contributed by atoms with E-state index in [1.165, 1.54) is 30.3 Å². The van der Waals surface area contributed by atoms with Gasteiger partial charge in [-0.25, -0.2) is 9.48 Å². The Morgan fingerprint density at radius 2 is 1.77 bits per heavy atom. The minimum atomic E-state index is -5.06. The monoisotopic (exact) mass is 579 g/mol. The Kier molecular flexibility index (Phi) is 9.07. The van der Waals surface area contributed by atoms with Gasteiger partial charge in [-0.05, 0) is 42.0 Å². The van der Waals surface area contributed by atoms with Gasteiger partial charge in [-0.3, -0.25) is 14.2 Å². The zero-order valence-corrected chi connectivity index (χ0v) is 20.4. The summed E-state index contributed by atoms with van der Waals surface area (Å²) in [6, 6.07) is 8.31. The molecule has 210 valence electrons. The fourth-order valence-corrected chi connectivity index (χ4v) is 3.65. The molecule has 39 heavy (non-hydrogen) atoms. The smallest absolute Gasteiger partial charge is 0.382 e.